The molecule has 6 heteroatoms. The molecule has 1 atom stereocenters. The Hall–Kier alpha value is -0.170. The van der Waals surface area contributed by atoms with Gasteiger partial charge >= 0.3 is 0 Å². The number of hydrogen-bond acceptors (Lipinski definition) is 4. The Labute approximate surface area is 78.4 Å². The van der Waals surface area contributed by atoms with E-state index >= 15 is 0 Å². The van der Waals surface area contributed by atoms with E-state index in [1.807, 2.05) is 0 Å². The van der Waals surface area contributed by atoms with Crippen molar-refractivity contribution >= 4 is 10.0 Å². The molecule has 0 aromatic carbocycles. The van der Waals surface area contributed by atoms with Gasteiger partial charge < -0.3 is 9.84 Å². The first-order valence-electron chi connectivity index (χ1n) is 4.15. The molecule has 13 heavy (non-hydrogen) atoms. The zero-order valence-electron chi connectivity index (χ0n) is 7.80. The van der Waals surface area contributed by atoms with Gasteiger partial charge in [-0.05, 0) is 6.92 Å². The van der Waals surface area contributed by atoms with Crippen molar-refractivity contribution in [3.05, 3.63) is 0 Å². The summed E-state index contributed by atoms with van der Waals surface area (Å²) in [5.74, 6) is 0. The highest BCUT2D eigenvalue weighted by atomic mass is 32.2. The van der Waals surface area contributed by atoms with Crippen LogP contribution in [0.5, 0.6) is 0 Å². The van der Waals surface area contributed by atoms with E-state index in [0.29, 0.717) is 0 Å². The number of likely N-dealkylation sites (N-methyl/N-ethyl adjacent to an activating group) is 1. The number of ether oxygens (including phenoxy) is 1. The molecule has 1 N–H and O–H groups in total. The van der Waals surface area contributed by atoms with Crippen molar-refractivity contribution in [3.63, 3.8) is 0 Å². The zero-order valence-corrected chi connectivity index (χ0v) is 8.62. The van der Waals surface area contributed by atoms with Crippen molar-refractivity contribution in [1.29, 1.82) is 0 Å². The molecular weight excluding hydrogens is 194 g/mol. The molecular formula is C7H15NO4S. The van der Waals surface area contributed by atoms with Crippen LogP contribution in [0.1, 0.15) is 6.92 Å². The van der Waals surface area contributed by atoms with Crippen LogP contribution in [0.4, 0.5) is 0 Å². The van der Waals surface area contributed by atoms with Crippen LogP contribution in [-0.4, -0.2) is 56.0 Å². The minimum absolute atomic E-state index is 0.163. The molecule has 0 aromatic heterocycles. The standard InChI is InChI=1S/C7H15NO4S/c1-6(3-9)8(2)13(10,11)7-4-12-5-7/h6-7,9H,3-5H2,1-2H3. The van der Waals surface area contributed by atoms with E-state index in [0.717, 1.165) is 0 Å². The van der Waals surface area contributed by atoms with E-state index in [4.69, 9.17) is 9.84 Å². The number of sulfonamides is 1. The van der Waals surface area contributed by atoms with Crippen molar-refractivity contribution in [1.82, 2.24) is 4.31 Å². The minimum atomic E-state index is -3.27. The molecule has 1 fully saturated rings. The molecule has 1 saturated heterocycles. The van der Waals surface area contributed by atoms with Gasteiger partial charge in [0.1, 0.15) is 5.25 Å². The largest absolute Gasteiger partial charge is 0.395 e. The second-order valence-electron chi connectivity index (χ2n) is 3.25. The zero-order chi connectivity index (χ0) is 10.1. The van der Waals surface area contributed by atoms with Gasteiger partial charge in [-0.1, -0.05) is 0 Å². The Balaban J connectivity index is 2.68. The second-order valence-corrected chi connectivity index (χ2v) is 5.52. The van der Waals surface area contributed by atoms with E-state index in [-0.39, 0.29) is 25.9 Å². The van der Waals surface area contributed by atoms with E-state index in [1.54, 1.807) is 6.92 Å². The number of rotatable bonds is 4. The molecule has 0 aromatic rings. The highest BCUT2D eigenvalue weighted by Gasteiger charge is 2.37. The van der Waals surface area contributed by atoms with Crippen LogP contribution in [0.25, 0.3) is 0 Å². The van der Waals surface area contributed by atoms with Gasteiger partial charge in [-0.2, -0.15) is 4.31 Å². The number of hydrogen-bond donors (Lipinski definition) is 1. The Morgan fingerprint density at radius 1 is 1.62 bits per heavy atom. The first-order chi connectivity index (χ1) is 6.00. The van der Waals surface area contributed by atoms with Crippen LogP contribution < -0.4 is 0 Å². The van der Waals surface area contributed by atoms with Crippen molar-refractivity contribution in [2.24, 2.45) is 0 Å². The maximum Gasteiger partial charge on any atom is 0.221 e. The summed E-state index contributed by atoms with van der Waals surface area (Å²) >= 11 is 0. The normalized spacial score (nSPS) is 21.5. The lowest BCUT2D eigenvalue weighted by atomic mass is 10.4. The van der Waals surface area contributed by atoms with Gasteiger partial charge in [-0.3, -0.25) is 0 Å². The van der Waals surface area contributed by atoms with Crippen LogP contribution in [0.3, 0.4) is 0 Å². The molecule has 78 valence electrons. The average molecular weight is 209 g/mol. The lowest BCUT2D eigenvalue weighted by molar-refractivity contribution is 0.0386. The van der Waals surface area contributed by atoms with Gasteiger partial charge in [0.2, 0.25) is 10.0 Å². The highest BCUT2D eigenvalue weighted by Crippen LogP contribution is 2.17. The third-order valence-electron chi connectivity index (χ3n) is 2.32. The maximum atomic E-state index is 11.6. The summed E-state index contributed by atoms with van der Waals surface area (Å²) in [7, 11) is -1.78. The predicted molar refractivity (Wildman–Crippen MR) is 47.8 cm³/mol. The van der Waals surface area contributed by atoms with Gasteiger partial charge in [0.05, 0.1) is 19.8 Å². The summed E-state index contributed by atoms with van der Waals surface area (Å²) in [5.41, 5.74) is 0. The molecule has 0 saturated carbocycles. The van der Waals surface area contributed by atoms with E-state index in [1.165, 1.54) is 11.4 Å². The lowest BCUT2D eigenvalue weighted by Gasteiger charge is -2.32. The maximum absolute atomic E-state index is 11.6. The molecule has 1 rings (SSSR count). The summed E-state index contributed by atoms with van der Waals surface area (Å²) in [4.78, 5) is 0. The fraction of sp³-hybridized carbons (Fsp3) is 1.00. The van der Waals surface area contributed by atoms with Gasteiger partial charge in [0.25, 0.3) is 0 Å². The quantitative estimate of drug-likeness (QED) is 0.647. The molecule has 1 heterocycles. The minimum Gasteiger partial charge on any atom is -0.395 e. The topological polar surface area (TPSA) is 66.8 Å². The van der Waals surface area contributed by atoms with Gasteiger partial charge in [-0.25, -0.2) is 8.42 Å². The Morgan fingerprint density at radius 3 is 2.46 bits per heavy atom. The third-order valence-corrected chi connectivity index (χ3v) is 4.59. The summed E-state index contributed by atoms with van der Waals surface area (Å²) in [6.07, 6.45) is 0. The van der Waals surface area contributed by atoms with Crippen molar-refractivity contribution in [2.45, 2.75) is 18.2 Å². The molecule has 0 bridgehead atoms. The molecule has 1 aliphatic rings. The van der Waals surface area contributed by atoms with Crippen molar-refractivity contribution in [3.8, 4) is 0 Å². The highest BCUT2D eigenvalue weighted by molar-refractivity contribution is 7.89. The average Bonchev–Trinajstić information content (AvgIpc) is 1.97. The fourth-order valence-corrected chi connectivity index (χ4v) is 2.56. The molecule has 0 aliphatic carbocycles. The SMILES string of the molecule is CC(CO)N(C)S(=O)(=O)C1COC1. The van der Waals surface area contributed by atoms with E-state index < -0.39 is 15.3 Å². The molecule has 0 spiro atoms. The van der Waals surface area contributed by atoms with Crippen LogP contribution >= 0.6 is 0 Å². The Kier molecular flexibility index (Phi) is 3.28. The fourth-order valence-electron chi connectivity index (χ4n) is 0.987. The van der Waals surface area contributed by atoms with Crippen molar-refractivity contribution < 1.29 is 18.3 Å². The molecule has 0 radical (unpaired) electrons. The van der Waals surface area contributed by atoms with E-state index in [2.05, 4.69) is 0 Å². The molecule has 5 nitrogen and oxygen atoms in total. The van der Waals surface area contributed by atoms with Crippen LogP contribution in [0, 0.1) is 0 Å². The van der Waals surface area contributed by atoms with Crippen molar-refractivity contribution in [2.75, 3.05) is 26.9 Å². The Bertz CT molecular complexity index is 260. The third kappa shape index (κ3) is 2.01. The number of aliphatic hydroxyl groups is 1. The predicted octanol–water partition coefficient (Wildman–Crippen LogP) is -0.972. The summed E-state index contributed by atoms with van der Waals surface area (Å²) in [6.45, 7) is 2.04. The van der Waals surface area contributed by atoms with Gasteiger partial charge in [0, 0.05) is 13.1 Å². The number of nitrogens with zero attached hydrogens (tertiary/aromatic N) is 1. The van der Waals surface area contributed by atoms with E-state index in [9.17, 15) is 8.42 Å². The van der Waals surface area contributed by atoms with Crippen LogP contribution in [-0.2, 0) is 14.8 Å². The van der Waals surface area contributed by atoms with Crippen LogP contribution in [0.15, 0.2) is 0 Å². The number of aliphatic hydroxyl groups excluding tert-OH is 1. The summed E-state index contributed by atoms with van der Waals surface area (Å²) in [5, 5.41) is 8.38. The summed E-state index contributed by atoms with van der Waals surface area (Å²) in [6, 6.07) is -0.370. The molecule has 0 amide bonds. The molecule has 1 unspecified atom stereocenters. The second kappa shape index (κ2) is 3.91. The molecule has 1 aliphatic heterocycles. The first kappa shape index (κ1) is 10.9. The van der Waals surface area contributed by atoms with Crippen LogP contribution in [0.2, 0.25) is 0 Å². The summed E-state index contributed by atoms with van der Waals surface area (Å²) < 4.78 is 29.3. The van der Waals surface area contributed by atoms with Gasteiger partial charge in [0.15, 0.2) is 0 Å². The first-order valence-corrected chi connectivity index (χ1v) is 5.66. The van der Waals surface area contributed by atoms with Gasteiger partial charge in [-0.15, -0.1) is 0 Å². The smallest absolute Gasteiger partial charge is 0.221 e. The monoisotopic (exact) mass is 209 g/mol. The Morgan fingerprint density at radius 2 is 2.15 bits per heavy atom. The lowest BCUT2D eigenvalue weighted by Crippen LogP contribution is -2.50.